The number of carbonyl (C=O) groups excluding carboxylic acids is 1. The van der Waals surface area contributed by atoms with Crippen molar-refractivity contribution in [1.82, 2.24) is 10.3 Å². The summed E-state index contributed by atoms with van der Waals surface area (Å²) in [6.07, 6.45) is 3.28. The summed E-state index contributed by atoms with van der Waals surface area (Å²) in [5.74, 6) is -1.17. The van der Waals surface area contributed by atoms with Crippen LogP contribution >= 0.6 is 11.6 Å². The van der Waals surface area contributed by atoms with Gasteiger partial charge >= 0.3 is 6.03 Å². The molecule has 0 atom stereocenters. The molecule has 0 unspecified atom stereocenters. The molecule has 150 valence electrons. The van der Waals surface area contributed by atoms with Crippen LogP contribution in [0.25, 0.3) is 0 Å². The van der Waals surface area contributed by atoms with Crippen LogP contribution in [0.3, 0.4) is 0 Å². The molecular weight excluding hydrogens is 417 g/mol. The molecule has 0 radical (unpaired) electrons. The van der Waals surface area contributed by atoms with Crippen LogP contribution in [0, 0.1) is 5.82 Å². The highest BCUT2D eigenvalue weighted by Gasteiger charge is 2.18. The molecule has 29 heavy (non-hydrogen) atoms. The fraction of sp³-hybridized carbons (Fsp3) is 0.100. The molecule has 0 spiro atoms. The van der Waals surface area contributed by atoms with Crippen molar-refractivity contribution in [3.8, 4) is 0 Å². The minimum atomic E-state index is -3.76. The van der Waals surface area contributed by atoms with Gasteiger partial charge in [-0.25, -0.2) is 17.6 Å². The predicted molar refractivity (Wildman–Crippen MR) is 109 cm³/mol. The maximum atomic E-state index is 13.9. The van der Waals surface area contributed by atoms with Crippen molar-refractivity contribution in [3.05, 3.63) is 89.0 Å². The molecule has 0 aliphatic rings. The third-order valence-corrected chi connectivity index (χ3v) is 5.92. The molecule has 6 nitrogen and oxygen atoms in total. The molecule has 2 aromatic carbocycles. The third-order valence-electron chi connectivity index (χ3n) is 4.01. The van der Waals surface area contributed by atoms with Crippen LogP contribution < -0.4 is 10.6 Å². The molecule has 2 amide bonds. The van der Waals surface area contributed by atoms with Crippen molar-refractivity contribution < 1.29 is 17.6 Å². The van der Waals surface area contributed by atoms with Crippen molar-refractivity contribution in [1.29, 1.82) is 0 Å². The molecule has 0 aliphatic heterocycles. The average molecular weight is 434 g/mol. The topological polar surface area (TPSA) is 88.2 Å². The maximum absolute atomic E-state index is 13.9. The van der Waals surface area contributed by atoms with Crippen molar-refractivity contribution >= 4 is 33.2 Å². The summed E-state index contributed by atoms with van der Waals surface area (Å²) in [6.45, 7) is 0.304. The maximum Gasteiger partial charge on any atom is 0.319 e. The number of halogens is 2. The fourth-order valence-corrected chi connectivity index (χ4v) is 4.05. The van der Waals surface area contributed by atoms with Gasteiger partial charge in [0.25, 0.3) is 0 Å². The van der Waals surface area contributed by atoms with Crippen LogP contribution in [-0.4, -0.2) is 19.4 Å². The molecule has 3 rings (SSSR count). The Labute approximate surface area is 172 Å². The Hall–Kier alpha value is -2.97. The Morgan fingerprint density at radius 3 is 2.52 bits per heavy atom. The second-order valence-electron chi connectivity index (χ2n) is 6.19. The first-order chi connectivity index (χ1) is 13.8. The molecule has 0 bridgehead atoms. The first kappa shape index (κ1) is 20.8. The summed E-state index contributed by atoms with van der Waals surface area (Å²) in [7, 11) is -3.76. The van der Waals surface area contributed by atoms with Gasteiger partial charge in [-0.05, 0) is 48.0 Å². The van der Waals surface area contributed by atoms with Gasteiger partial charge in [-0.1, -0.05) is 23.7 Å². The van der Waals surface area contributed by atoms with Gasteiger partial charge in [0, 0.05) is 35.2 Å². The van der Waals surface area contributed by atoms with E-state index in [1.54, 1.807) is 18.5 Å². The zero-order chi connectivity index (χ0) is 20.9. The van der Waals surface area contributed by atoms with Gasteiger partial charge < -0.3 is 10.6 Å². The predicted octanol–water partition coefficient (Wildman–Crippen LogP) is 4.17. The van der Waals surface area contributed by atoms with Crippen molar-refractivity contribution in [3.63, 3.8) is 0 Å². The number of amides is 2. The number of anilines is 1. The number of carbonyl (C=O) groups is 1. The number of rotatable bonds is 6. The van der Waals surface area contributed by atoms with Crippen molar-refractivity contribution in [2.24, 2.45) is 0 Å². The summed E-state index contributed by atoms with van der Waals surface area (Å²) >= 11 is 5.69. The van der Waals surface area contributed by atoms with Crippen LogP contribution in [0.15, 0.2) is 71.9 Å². The minimum Gasteiger partial charge on any atom is -0.334 e. The van der Waals surface area contributed by atoms with E-state index in [4.69, 9.17) is 11.6 Å². The molecule has 0 saturated carbocycles. The van der Waals surface area contributed by atoms with Crippen LogP contribution in [-0.2, 0) is 22.1 Å². The lowest BCUT2D eigenvalue weighted by Gasteiger charge is -2.09. The van der Waals surface area contributed by atoms with Gasteiger partial charge in [0.05, 0.1) is 10.6 Å². The van der Waals surface area contributed by atoms with Crippen LogP contribution in [0.1, 0.15) is 11.1 Å². The lowest BCUT2D eigenvalue weighted by atomic mass is 10.2. The van der Waals surface area contributed by atoms with E-state index in [-0.39, 0.29) is 15.5 Å². The normalized spacial score (nSPS) is 11.1. The molecule has 0 fully saturated rings. The van der Waals surface area contributed by atoms with Gasteiger partial charge in [-0.15, -0.1) is 0 Å². The van der Waals surface area contributed by atoms with Crippen molar-refractivity contribution in [2.45, 2.75) is 17.2 Å². The zero-order valence-electron chi connectivity index (χ0n) is 15.1. The number of pyridine rings is 1. The molecule has 3 aromatic rings. The van der Waals surface area contributed by atoms with E-state index in [9.17, 15) is 17.6 Å². The van der Waals surface area contributed by atoms with Crippen molar-refractivity contribution in [2.75, 3.05) is 5.32 Å². The number of hydrogen-bond acceptors (Lipinski definition) is 4. The van der Waals surface area contributed by atoms with Gasteiger partial charge in [-0.3, -0.25) is 4.98 Å². The van der Waals surface area contributed by atoms with E-state index < -0.39 is 27.4 Å². The Bertz CT molecular complexity index is 1110. The summed E-state index contributed by atoms with van der Waals surface area (Å²) in [6, 6.07) is 12.7. The van der Waals surface area contributed by atoms with Gasteiger partial charge in [0.15, 0.2) is 9.84 Å². The highest BCUT2D eigenvalue weighted by Crippen LogP contribution is 2.22. The van der Waals surface area contributed by atoms with Gasteiger partial charge in [0.1, 0.15) is 5.82 Å². The minimum absolute atomic E-state index is 0.0215. The summed E-state index contributed by atoms with van der Waals surface area (Å²) in [5, 5.41) is 5.49. The molecule has 0 aliphatic carbocycles. The first-order valence-corrected chi connectivity index (χ1v) is 10.6. The highest BCUT2D eigenvalue weighted by atomic mass is 35.5. The number of hydrogen-bond donors (Lipinski definition) is 2. The van der Waals surface area contributed by atoms with Crippen LogP contribution in [0.2, 0.25) is 5.02 Å². The molecule has 1 aromatic heterocycles. The second kappa shape index (κ2) is 9.02. The average Bonchev–Trinajstić information content (AvgIpc) is 2.70. The summed E-state index contributed by atoms with van der Waals surface area (Å²) in [4.78, 5) is 15.9. The second-order valence-corrected chi connectivity index (χ2v) is 8.61. The quantitative estimate of drug-likeness (QED) is 0.610. The van der Waals surface area contributed by atoms with Gasteiger partial charge in [0.2, 0.25) is 0 Å². The SMILES string of the molecule is O=C(NCc1cccnc1)Nc1ccc(S(=O)(=O)Cc2ccc(Cl)cc2F)cc1. The smallest absolute Gasteiger partial charge is 0.319 e. The Morgan fingerprint density at radius 2 is 1.86 bits per heavy atom. The standard InChI is InChI=1S/C20H17ClFN3O3S/c21-16-4-3-15(19(22)10-16)13-29(27,28)18-7-5-17(6-8-18)25-20(26)24-12-14-2-1-9-23-11-14/h1-11H,12-13H2,(H2,24,25,26). The van der Waals surface area contributed by atoms with E-state index in [1.807, 2.05) is 6.07 Å². The number of sulfone groups is 1. The van der Waals surface area contributed by atoms with E-state index in [0.29, 0.717) is 12.2 Å². The summed E-state index contributed by atoms with van der Waals surface area (Å²) in [5.41, 5.74) is 1.30. The van der Waals surface area contributed by atoms with E-state index in [2.05, 4.69) is 15.6 Å². The molecular formula is C20H17ClFN3O3S. The van der Waals surface area contributed by atoms with E-state index in [1.165, 1.54) is 36.4 Å². The fourth-order valence-electron chi connectivity index (χ4n) is 2.53. The molecule has 1 heterocycles. The highest BCUT2D eigenvalue weighted by molar-refractivity contribution is 7.90. The van der Waals surface area contributed by atoms with Gasteiger partial charge in [-0.2, -0.15) is 0 Å². The van der Waals surface area contributed by atoms with Crippen LogP contribution in [0.4, 0.5) is 14.9 Å². The first-order valence-electron chi connectivity index (χ1n) is 8.54. The molecule has 9 heteroatoms. The molecule has 2 N–H and O–H groups in total. The number of nitrogens with one attached hydrogen (secondary N) is 2. The third kappa shape index (κ3) is 5.75. The lowest BCUT2D eigenvalue weighted by molar-refractivity contribution is 0.251. The van der Waals surface area contributed by atoms with Crippen LogP contribution in [0.5, 0.6) is 0 Å². The number of benzene rings is 2. The Balaban J connectivity index is 1.62. The monoisotopic (exact) mass is 433 g/mol. The Kier molecular flexibility index (Phi) is 6.46. The number of nitrogens with zero attached hydrogens (tertiary/aromatic N) is 1. The van der Waals surface area contributed by atoms with E-state index in [0.717, 1.165) is 11.6 Å². The largest absolute Gasteiger partial charge is 0.334 e. The Morgan fingerprint density at radius 1 is 1.10 bits per heavy atom. The number of aromatic nitrogens is 1. The molecule has 0 saturated heterocycles. The zero-order valence-corrected chi connectivity index (χ0v) is 16.7. The summed E-state index contributed by atoms with van der Waals surface area (Å²) < 4.78 is 38.9. The lowest BCUT2D eigenvalue weighted by Crippen LogP contribution is -2.28. The number of urea groups is 1. The van der Waals surface area contributed by atoms with E-state index >= 15 is 0 Å².